The molecule has 2 fully saturated rings. The van der Waals surface area contributed by atoms with E-state index in [1.807, 2.05) is 35.2 Å². The number of amides is 2. The third-order valence-electron chi connectivity index (χ3n) is 4.89. The molecule has 124 valence electrons. The van der Waals surface area contributed by atoms with Gasteiger partial charge in [-0.25, -0.2) is 0 Å². The van der Waals surface area contributed by atoms with Gasteiger partial charge in [0, 0.05) is 25.0 Å². The molecule has 0 spiro atoms. The molecule has 1 saturated carbocycles. The van der Waals surface area contributed by atoms with Crippen molar-refractivity contribution in [3.63, 3.8) is 0 Å². The molecule has 2 aliphatic rings. The number of nitrogens with zero attached hydrogens (tertiary/aromatic N) is 1. The van der Waals surface area contributed by atoms with Crippen LogP contribution in [0.4, 0.5) is 0 Å². The zero-order valence-electron chi connectivity index (χ0n) is 13.6. The highest BCUT2D eigenvalue weighted by molar-refractivity contribution is 5.87. The zero-order valence-corrected chi connectivity index (χ0v) is 13.6. The molecule has 3 N–H and O–H groups in total. The largest absolute Gasteiger partial charge is 0.353 e. The summed E-state index contributed by atoms with van der Waals surface area (Å²) in [4.78, 5) is 26.4. The number of benzene rings is 1. The summed E-state index contributed by atoms with van der Waals surface area (Å²) in [6.07, 6.45) is 3.64. The molecule has 1 aliphatic carbocycles. The van der Waals surface area contributed by atoms with E-state index in [0.717, 1.165) is 31.2 Å². The number of hydrogen-bond donors (Lipinski definition) is 2. The number of nitrogens with two attached hydrogens (primary N) is 1. The second-order valence-electron chi connectivity index (χ2n) is 6.92. The molecule has 0 radical (unpaired) electrons. The normalized spacial score (nSPS) is 21.6. The highest BCUT2D eigenvalue weighted by atomic mass is 16.2. The van der Waals surface area contributed by atoms with Gasteiger partial charge in [-0.15, -0.1) is 0 Å². The van der Waals surface area contributed by atoms with Crippen molar-refractivity contribution < 1.29 is 9.59 Å². The van der Waals surface area contributed by atoms with E-state index >= 15 is 0 Å². The molecule has 1 aliphatic heterocycles. The lowest BCUT2D eigenvalue weighted by atomic mass is 9.90. The van der Waals surface area contributed by atoms with E-state index in [-0.39, 0.29) is 23.8 Å². The number of piperidine rings is 1. The molecule has 5 nitrogen and oxygen atoms in total. The fourth-order valence-corrected chi connectivity index (χ4v) is 3.13. The van der Waals surface area contributed by atoms with Gasteiger partial charge in [0.1, 0.15) is 5.54 Å². The number of rotatable bonds is 4. The van der Waals surface area contributed by atoms with E-state index < -0.39 is 5.54 Å². The minimum absolute atomic E-state index is 0.0457. The predicted octanol–water partition coefficient (Wildman–Crippen LogP) is 1.38. The van der Waals surface area contributed by atoms with Crippen LogP contribution in [0.2, 0.25) is 0 Å². The summed E-state index contributed by atoms with van der Waals surface area (Å²) < 4.78 is 0. The van der Waals surface area contributed by atoms with Crippen LogP contribution < -0.4 is 11.1 Å². The lowest BCUT2D eigenvalue weighted by Crippen LogP contribution is -2.55. The second kappa shape index (κ2) is 6.32. The Morgan fingerprint density at radius 2 is 1.74 bits per heavy atom. The summed E-state index contributed by atoms with van der Waals surface area (Å²) in [6, 6.07) is 9.67. The Labute approximate surface area is 137 Å². The molecule has 0 bridgehead atoms. The van der Waals surface area contributed by atoms with Gasteiger partial charge >= 0.3 is 0 Å². The molecular weight excluding hydrogens is 290 g/mol. The summed E-state index contributed by atoms with van der Waals surface area (Å²) in [5, 5.41) is 3.10. The van der Waals surface area contributed by atoms with Gasteiger partial charge in [-0.05, 0) is 38.2 Å². The fraction of sp³-hybridized carbons (Fsp3) is 0.556. The van der Waals surface area contributed by atoms with Gasteiger partial charge in [0.05, 0.1) is 0 Å². The number of hydrogen-bond acceptors (Lipinski definition) is 3. The maximum Gasteiger partial charge on any atom is 0.246 e. The third-order valence-corrected chi connectivity index (χ3v) is 4.89. The lowest BCUT2D eigenvalue weighted by molar-refractivity contribution is -0.138. The molecule has 1 unspecified atom stereocenters. The van der Waals surface area contributed by atoms with Gasteiger partial charge in [0.25, 0.3) is 0 Å². The lowest BCUT2D eigenvalue weighted by Gasteiger charge is -2.37. The second-order valence-corrected chi connectivity index (χ2v) is 6.92. The van der Waals surface area contributed by atoms with E-state index in [1.165, 1.54) is 0 Å². The Balaban J connectivity index is 1.56. The first-order chi connectivity index (χ1) is 11.0. The number of likely N-dealkylation sites (tertiary alicyclic amines) is 1. The molecule has 1 heterocycles. The van der Waals surface area contributed by atoms with Crippen molar-refractivity contribution in [2.45, 2.75) is 44.2 Å². The van der Waals surface area contributed by atoms with E-state index in [1.54, 1.807) is 6.92 Å². The van der Waals surface area contributed by atoms with Crippen LogP contribution in [-0.4, -0.2) is 35.8 Å². The Kier molecular flexibility index (Phi) is 4.39. The molecule has 1 atom stereocenters. The van der Waals surface area contributed by atoms with Crippen molar-refractivity contribution >= 4 is 11.8 Å². The first kappa shape index (κ1) is 16.0. The van der Waals surface area contributed by atoms with E-state index in [9.17, 15) is 9.59 Å². The summed E-state index contributed by atoms with van der Waals surface area (Å²) in [6.45, 7) is 3.06. The van der Waals surface area contributed by atoms with Crippen LogP contribution in [0.15, 0.2) is 30.3 Å². The summed E-state index contributed by atoms with van der Waals surface area (Å²) in [5.74, 6) is 0.374. The molecule has 1 saturated heterocycles. The van der Waals surface area contributed by atoms with Crippen molar-refractivity contribution in [2.75, 3.05) is 13.1 Å². The maximum atomic E-state index is 12.8. The quantitative estimate of drug-likeness (QED) is 0.881. The zero-order chi connectivity index (χ0) is 16.4. The van der Waals surface area contributed by atoms with Crippen LogP contribution in [0.3, 0.4) is 0 Å². The highest BCUT2D eigenvalue weighted by Gasteiger charge is 2.37. The van der Waals surface area contributed by atoms with Crippen LogP contribution in [0, 0.1) is 5.92 Å². The minimum atomic E-state index is -1.01. The number of nitrogens with one attached hydrogen (secondary N) is 1. The van der Waals surface area contributed by atoms with E-state index in [2.05, 4.69) is 5.32 Å². The monoisotopic (exact) mass is 315 g/mol. The summed E-state index contributed by atoms with van der Waals surface area (Å²) in [5.41, 5.74) is 6.13. The molecule has 5 heteroatoms. The maximum absolute atomic E-state index is 12.8. The summed E-state index contributed by atoms with van der Waals surface area (Å²) >= 11 is 0. The van der Waals surface area contributed by atoms with E-state index in [4.69, 9.17) is 5.73 Å². The topological polar surface area (TPSA) is 75.4 Å². The first-order valence-electron chi connectivity index (χ1n) is 8.42. The molecule has 23 heavy (non-hydrogen) atoms. The summed E-state index contributed by atoms with van der Waals surface area (Å²) in [7, 11) is 0. The number of carbonyl (C=O) groups is 2. The highest BCUT2D eigenvalue weighted by Crippen LogP contribution is 2.29. The smallest absolute Gasteiger partial charge is 0.246 e. The molecule has 3 rings (SSSR count). The third kappa shape index (κ3) is 3.55. The average molecular weight is 315 g/mol. The van der Waals surface area contributed by atoms with E-state index in [0.29, 0.717) is 13.1 Å². The number of carbonyl (C=O) groups excluding carboxylic acids is 2. The minimum Gasteiger partial charge on any atom is -0.353 e. The molecule has 2 amide bonds. The van der Waals surface area contributed by atoms with Crippen molar-refractivity contribution in [2.24, 2.45) is 11.7 Å². The van der Waals surface area contributed by atoms with Gasteiger partial charge in [-0.3, -0.25) is 9.59 Å². The first-order valence-corrected chi connectivity index (χ1v) is 8.42. The van der Waals surface area contributed by atoms with Gasteiger partial charge in [-0.2, -0.15) is 0 Å². The van der Waals surface area contributed by atoms with Crippen LogP contribution >= 0.6 is 0 Å². The predicted molar refractivity (Wildman–Crippen MR) is 88.5 cm³/mol. The van der Waals surface area contributed by atoms with Crippen LogP contribution in [-0.2, 0) is 15.1 Å². The molecular formula is C18H25N3O2. The average Bonchev–Trinajstić information content (AvgIpc) is 3.41. The van der Waals surface area contributed by atoms with Crippen molar-refractivity contribution in [3.05, 3.63) is 35.9 Å². The van der Waals surface area contributed by atoms with Gasteiger partial charge < -0.3 is 16.0 Å². The SMILES string of the molecule is CC(N)(C(=O)N1CCC(NC(=O)C2CC2)CC1)c1ccccc1. The van der Waals surface area contributed by atoms with Crippen molar-refractivity contribution in [1.29, 1.82) is 0 Å². The van der Waals surface area contributed by atoms with Crippen LogP contribution in [0.5, 0.6) is 0 Å². The Morgan fingerprint density at radius 3 is 2.30 bits per heavy atom. The molecule has 1 aromatic rings. The Morgan fingerprint density at radius 1 is 1.13 bits per heavy atom. The molecule has 0 aromatic heterocycles. The van der Waals surface area contributed by atoms with Crippen molar-refractivity contribution in [3.8, 4) is 0 Å². The Bertz CT molecular complexity index is 573. The Hall–Kier alpha value is -1.88. The van der Waals surface area contributed by atoms with Gasteiger partial charge in [0.2, 0.25) is 11.8 Å². The standard InChI is InChI=1S/C18H25N3O2/c1-18(19,14-5-3-2-4-6-14)17(23)21-11-9-15(10-12-21)20-16(22)13-7-8-13/h2-6,13,15H,7-12,19H2,1H3,(H,20,22). The van der Waals surface area contributed by atoms with Gasteiger partial charge in [-0.1, -0.05) is 30.3 Å². The molecule has 1 aromatic carbocycles. The van der Waals surface area contributed by atoms with Crippen LogP contribution in [0.1, 0.15) is 38.2 Å². The van der Waals surface area contributed by atoms with Gasteiger partial charge in [0.15, 0.2) is 0 Å². The van der Waals surface area contributed by atoms with Crippen LogP contribution in [0.25, 0.3) is 0 Å². The van der Waals surface area contributed by atoms with Crippen molar-refractivity contribution in [1.82, 2.24) is 10.2 Å². The fourth-order valence-electron chi connectivity index (χ4n) is 3.13.